The third-order valence-corrected chi connectivity index (χ3v) is 6.22. The third kappa shape index (κ3) is 5.15. The lowest BCUT2D eigenvalue weighted by atomic mass is 9.97. The van der Waals surface area contributed by atoms with Crippen LogP contribution in [0.25, 0.3) is 22.6 Å². The van der Waals surface area contributed by atoms with Crippen LogP contribution in [0.4, 0.5) is 10.2 Å². The molecule has 0 amide bonds. The highest BCUT2D eigenvalue weighted by Crippen LogP contribution is 2.37. The van der Waals surface area contributed by atoms with E-state index in [-0.39, 0.29) is 30.2 Å². The van der Waals surface area contributed by atoms with Crippen molar-refractivity contribution in [3.8, 4) is 40.5 Å². The maximum Gasteiger partial charge on any atom is 0.226 e. The summed E-state index contributed by atoms with van der Waals surface area (Å²) < 4.78 is 24.7. The average molecular weight is 502 g/mol. The second-order valence-electron chi connectivity index (χ2n) is 7.57. The number of hydrogen-bond acceptors (Lipinski definition) is 9. The normalized spacial score (nSPS) is 10.6. The van der Waals surface area contributed by atoms with Crippen molar-refractivity contribution >= 4 is 17.6 Å². The molecular formula is C26H20FN5O3S. The molecule has 0 saturated heterocycles. The average Bonchev–Trinajstić information content (AvgIpc) is 3.26. The van der Waals surface area contributed by atoms with Crippen LogP contribution in [-0.4, -0.2) is 28.3 Å². The zero-order valence-electron chi connectivity index (χ0n) is 19.2. The lowest BCUT2D eigenvalue weighted by Crippen LogP contribution is -2.04. The smallest absolute Gasteiger partial charge is 0.226 e. The molecule has 0 unspecified atom stereocenters. The fourth-order valence-corrected chi connectivity index (χ4v) is 4.51. The number of nitrogens with zero attached hydrogens (tertiary/aromatic N) is 4. The summed E-state index contributed by atoms with van der Waals surface area (Å²) >= 11 is 1.23. The number of nitrogens with two attached hydrogens (primary N) is 1. The van der Waals surface area contributed by atoms with Gasteiger partial charge >= 0.3 is 0 Å². The minimum absolute atomic E-state index is 0.00642. The van der Waals surface area contributed by atoms with Gasteiger partial charge in [-0.15, -0.1) is 0 Å². The molecular weight excluding hydrogens is 481 g/mol. The molecule has 4 rings (SSSR count). The second-order valence-corrected chi connectivity index (χ2v) is 8.53. The summed E-state index contributed by atoms with van der Waals surface area (Å²) in [6.45, 7) is 1.79. The van der Waals surface area contributed by atoms with Crippen molar-refractivity contribution in [2.75, 3.05) is 18.9 Å². The van der Waals surface area contributed by atoms with Crippen LogP contribution >= 0.6 is 11.8 Å². The maximum atomic E-state index is 13.6. The molecule has 8 nitrogen and oxygen atoms in total. The Morgan fingerprint density at radius 3 is 2.50 bits per heavy atom. The third-order valence-electron chi connectivity index (χ3n) is 5.23. The lowest BCUT2D eigenvalue weighted by Gasteiger charge is -2.13. The number of hydrogen-bond donors (Lipinski definition) is 2. The predicted octanol–water partition coefficient (Wildman–Crippen LogP) is 4.84. The van der Waals surface area contributed by atoms with E-state index in [4.69, 9.17) is 20.0 Å². The van der Waals surface area contributed by atoms with Gasteiger partial charge in [0.25, 0.3) is 0 Å². The van der Waals surface area contributed by atoms with Gasteiger partial charge in [-0.1, -0.05) is 30.0 Å². The number of benzene rings is 2. The molecule has 0 radical (unpaired) electrons. The van der Waals surface area contributed by atoms with Gasteiger partial charge in [0.15, 0.2) is 0 Å². The van der Waals surface area contributed by atoms with Gasteiger partial charge in [-0.25, -0.2) is 14.4 Å². The van der Waals surface area contributed by atoms with Gasteiger partial charge in [-0.3, -0.25) is 0 Å². The van der Waals surface area contributed by atoms with Crippen LogP contribution in [-0.2, 0) is 5.75 Å². The minimum atomic E-state index is -0.393. The molecule has 0 bridgehead atoms. The van der Waals surface area contributed by atoms with E-state index >= 15 is 0 Å². The van der Waals surface area contributed by atoms with Gasteiger partial charge in [-0.2, -0.15) is 10.5 Å². The molecule has 2 heterocycles. The van der Waals surface area contributed by atoms with Gasteiger partial charge < -0.3 is 20.0 Å². The molecule has 0 atom stereocenters. The molecule has 10 heteroatoms. The van der Waals surface area contributed by atoms with E-state index in [0.29, 0.717) is 50.6 Å². The van der Waals surface area contributed by atoms with Crippen LogP contribution in [0.3, 0.4) is 0 Å². The molecule has 0 spiro atoms. The van der Waals surface area contributed by atoms with E-state index in [1.165, 1.54) is 23.9 Å². The Hall–Kier alpha value is -4.38. The standard InChI is InChI=1S/C26H20FN5O3S/c1-15-22(31-25(35-15)17-3-2-4-18(27)11-17)14-36-26-21(13-29)23(20(12-28)24(30)32-26)16-5-7-19(8-6-16)34-10-9-33/h2-8,11,33H,9-10,14H2,1H3,(H2,30,32). The Bertz CT molecular complexity index is 1490. The number of halogens is 1. The highest BCUT2D eigenvalue weighted by atomic mass is 32.2. The lowest BCUT2D eigenvalue weighted by molar-refractivity contribution is 0.201. The van der Waals surface area contributed by atoms with Crippen LogP contribution in [0.15, 0.2) is 58.0 Å². The summed E-state index contributed by atoms with van der Waals surface area (Å²) in [6.07, 6.45) is 0. The van der Waals surface area contributed by atoms with Crippen molar-refractivity contribution in [1.82, 2.24) is 9.97 Å². The van der Waals surface area contributed by atoms with E-state index in [1.807, 2.05) is 0 Å². The fraction of sp³-hybridized carbons (Fsp3) is 0.154. The SMILES string of the molecule is Cc1oc(-c2cccc(F)c2)nc1CSc1nc(N)c(C#N)c(-c2ccc(OCCO)cc2)c1C#N. The topological polar surface area (TPSA) is 142 Å². The van der Waals surface area contributed by atoms with Gasteiger partial charge in [-0.05, 0) is 42.8 Å². The quantitative estimate of drug-likeness (QED) is 0.324. The Morgan fingerprint density at radius 2 is 1.83 bits per heavy atom. The first-order valence-electron chi connectivity index (χ1n) is 10.8. The highest BCUT2D eigenvalue weighted by Gasteiger charge is 2.22. The zero-order chi connectivity index (χ0) is 25.7. The molecule has 0 saturated carbocycles. The Balaban J connectivity index is 1.67. The molecule has 2 aromatic heterocycles. The summed E-state index contributed by atoms with van der Waals surface area (Å²) in [5.41, 5.74) is 8.52. The molecule has 0 fully saturated rings. The Labute approximate surface area is 210 Å². The van der Waals surface area contributed by atoms with E-state index in [0.717, 1.165) is 0 Å². The predicted molar refractivity (Wildman–Crippen MR) is 132 cm³/mol. The minimum Gasteiger partial charge on any atom is -0.491 e. The first-order valence-corrected chi connectivity index (χ1v) is 11.8. The highest BCUT2D eigenvalue weighted by molar-refractivity contribution is 7.98. The van der Waals surface area contributed by atoms with Crippen LogP contribution < -0.4 is 10.5 Å². The van der Waals surface area contributed by atoms with Gasteiger partial charge in [0.1, 0.15) is 52.5 Å². The van der Waals surface area contributed by atoms with Crippen LogP contribution in [0.2, 0.25) is 0 Å². The number of aromatic nitrogens is 2. The van der Waals surface area contributed by atoms with E-state index < -0.39 is 5.82 Å². The number of aryl methyl sites for hydroxylation is 1. The summed E-state index contributed by atoms with van der Waals surface area (Å²) in [4.78, 5) is 8.80. The molecule has 3 N–H and O–H groups in total. The first kappa shape index (κ1) is 24.7. The van der Waals surface area contributed by atoms with Crippen molar-refractivity contribution in [2.24, 2.45) is 0 Å². The number of nitrogen functional groups attached to an aromatic ring is 1. The number of aliphatic hydroxyl groups excluding tert-OH is 1. The molecule has 4 aromatic rings. The molecule has 0 aliphatic heterocycles. The van der Waals surface area contributed by atoms with E-state index in [2.05, 4.69) is 22.1 Å². The van der Waals surface area contributed by atoms with Gasteiger partial charge in [0, 0.05) is 16.9 Å². The van der Waals surface area contributed by atoms with Crippen molar-refractivity contribution < 1.29 is 18.7 Å². The maximum absolute atomic E-state index is 13.6. The summed E-state index contributed by atoms with van der Waals surface area (Å²) in [5, 5.41) is 29.0. The van der Waals surface area contributed by atoms with Crippen LogP contribution in [0, 0.1) is 35.4 Å². The van der Waals surface area contributed by atoms with E-state index in [1.54, 1.807) is 43.3 Å². The monoisotopic (exact) mass is 501 g/mol. The fourth-order valence-electron chi connectivity index (χ4n) is 3.52. The largest absolute Gasteiger partial charge is 0.491 e. The number of rotatable bonds is 8. The van der Waals surface area contributed by atoms with E-state index in [9.17, 15) is 14.9 Å². The Kier molecular flexibility index (Phi) is 7.50. The molecule has 2 aromatic carbocycles. The molecule has 0 aliphatic carbocycles. The zero-order valence-corrected chi connectivity index (χ0v) is 20.0. The summed E-state index contributed by atoms with van der Waals surface area (Å²) in [6, 6.07) is 17.0. The molecule has 180 valence electrons. The van der Waals surface area contributed by atoms with Crippen LogP contribution in [0.1, 0.15) is 22.6 Å². The van der Waals surface area contributed by atoms with Crippen molar-refractivity contribution in [2.45, 2.75) is 17.7 Å². The number of nitriles is 2. The summed E-state index contributed by atoms with van der Waals surface area (Å²) in [7, 11) is 0. The van der Waals surface area contributed by atoms with Gasteiger partial charge in [0.05, 0.1) is 17.9 Å². The summed E-state index contributed by atoms with van der Waals surface area (Å²) in [5.74, 6) is 1.31. The van der Waals surface area contributed by atoms with Crippen LogP contribution in [0.5, 0.6) is 5.75 Å². The van der Waals surface area contributed by atoms with Crippen molar-refractivity contribution in [1.29, 1.82) is 10.5 Å². The van der Waals surface area contributed by atoms with Crippen molar-refractivity contribution in [3.63, 3.8) is 0 Å². The van der Waals surface area contributed by atoms with Crippen molar-refractivity contribution in [3.05, 3.63) is 76.9 Å². The number of anilines is 1. The first-order chi connectivity index (χ1) is 17.4. The molecule has 36 heavy (non-hydrogen) atoms. The second kappa shape index (κ2) is 10.9. The number of thioether (sulfide) groups is 1. The van der Waals surface area contributed by atoms with Gasteiger partial charge in [0.2, 0.25) is 5.89 Å². The Morgan fingerprint density at radius 1 is 1.08 bits per heavy atom. The number of oxazole rings is 1. The molecule has 0 aliphatic rings. The number of aliphatic hydroxyl groups is 1. The number of pyridine rings is 1. The number of ether oxygens (including phenoxy) is 1.